The number of aryl methyl sites for hydroxylation is 1. The smallest absolute Gasteiger partial charge is 0.310 e. The van der Waals surface area contributed by atoms with Crippen molar-refractivity contribution in [2.24, 2.45) is 0 Å². The van der Waals surface area contributed by atoms with E-state index in [4.69, 9.17) is 4.74 Å². The van der Waals surface area contributed by atoms with E-state index in [0.717, 1.165) is 29.7 Å². The first kappa shape index (κ1) is 12.6. The molecule has 0 spiro atoms. The highest BCUT2D eigenvalue weighted by molar-refractivity contribution is 5.81. The molecule has 0 aliphatic heterocycles. The van der Waals surface area contributed by atoms with Gasteiger partial charge in [-0.1, -0.05) is 43.3 Å². The van der Waals surface area contributed by atoms with Crippen molar-refractivity contribution in [1.29, 1.82) is 0 Å². The molecule has 0 fully saturated rings. The summed E-state index contributed by atoms with van der Waals surface area (Å²) in [4.78, 5) is 11.5. The van der Waals surface area contributed by atoms with Crippen LogP contribution in [0.15, 0.2) is 42.2 Å². The summed E-state index contributed by atoms with van der Waals surface area (Å²) in [5.41, 5.74) is 3.39. The Balaban J connectivity index is 2.40. The van der Waals surface area contributed by atoms with Crippen LogP contribution in [-0.4, -0.2) is 5.97 Å². The van der Waals surface area contributed by atoms with Gasteiger partial charge in [0, 0.05) is 18.4 Å². The minimum absolute atomic E-state index is 0.161. The van der Waals surface area contributed by atoms with E-state index in [9.17, 15) is 4.79 Å². The molecule has 2 nitrogen and oxygen atoms in total. The molecule has 0 unspecified atom stereocenters. The van der Waals surface area contributed by atoms with Crippen LogP contribution in [0.4, 0.5) is 0 Å². The van der Waals surface area contributed by atoms with Gasteiger partial charge in [-0.15, -0.1) is 0 Å². The lowest BCUT2D eigenvalue weighted by atomic mass is 9.94. The van der Waals surface area contributed by atoms with Crippen molar-refractivity contribution in [1.82, 2.24) is 0 Å². The van der Waals surface area contributed by atoms with Crippen molar-refractivity contribution >= 4 is 11.5 Å². The average molecular weight is 242 g/mol. The summed E-state index contributed by atoms with van der Waals surface area (Å²) in [6.45, 7) is 3.89. The Hall–Kier alpha value is -1.83. The van der Waals surface area contributed by atoms with Crippen molar-refractivity contribution in [2.45, 2.75) is 33.1 Å². The van der Waals surface area contributed by atoms with Crippen molar-refractivity contribution in [2.75, 3.05) is 0 Å². The van der Waals surface area contributed by atoms with E-state index in [2.05, 4.69) is 31.2 Å². The molecule has 0 heterocycles. The first-order chi connectivity index (χ1) is 8.72. The number of carbonyl (C=O) groups is 1. The Morgan fingerprint density at radius 3 is 2.83 bits per heavy atom. The van der Waals surface area contributed by atoms with Crippen LogP contribution in [0.5, 0.6) is 0 Å². The maximum Gasteiger partial charge on any atom is 0.310 e. The molecule has 1 aliphatic carbocycles. The SMILES string of the molecule is CCC(=O)OC1=C(c2ccccc2C)C=CCC1. The number of esters is 1. The summed E-state index contributed by atoms with van der Waals surface area (Å²) >= 11 is 0. The highest BCUT2D eigenvalue weighted by Crippen LogP contribution is 2.30. The maximum absolute atomic E-state index is 11.5. The second kappa shape index (κ2) is 5.67. The molecule has 0 saturated carbocycles. The summed E-state index contributed by atoms with van der Waals surface area (Å²) in [7, 11) is 0. The molecular weight excluding hydrogens is 224 g/mol. The minimum Gasteiger partial charge on any atom is -0.430 e. The first-order valence-corrected chi connectivity index (χ1v) is 6.38. The van der Waals surface area contributed by atoms with E-state index in [1.807, 2.05) is 19.1 Å². The van der Waals surface area contributed by atoms with E-state index in [1.54, 1.807) is 0 Å². The van der Waals surface area contributed by atoms with E-state index in [-0.39, 0.29) is 5.97 Å². The number of carbonyl (C=O) groups excluding carboxylic acids is 1. The Morgan fingerprint density at radius 2 is 2.11 bits per heavy atom. The summed E-state index contributed by atoms with van der Waals surface area (Å²) in [6, 6.07) is 8.17. The van der Waals surface area contributed by atoms with Crippen molar-refractivity contribution < 1.29 is 9.53 Å². The van der Waals surface area contributed by atoms with E-state index < -0.39 is 0 Å². The fourth-order valence-corrected chi connectivity index (χ4v) is 2.07. The molecule has 0 bridgehead atoms. The molecule has 0 saturated heterocycles. The van der Waals surface area contributed by atoms with E-state index in [0.29, 0.717) is 6.42 Å². The van der Waals surface area contributed by atoms with Gasteiger partial charge < -0.3 is 4.74 Å². The molecule has 0 atom stereocenters. The third kappa shape index (κ3) is 2.70. The zero-order valence-corrected chi connectivity index (χ0v) is 10.9. The third-order valence-corrected chi connectivity index (χ3v) is 3.08. The molecular formula is C16H18O2. The van der Waals surface area contributed by atoms with Crippen LogP contribution in [0.2, 0.25) is 0 Å². The summed E-state index contributed by atoms with van der Waals surface area (Å²) in [6.07, 6.45) is 6.33. The highest BCUT2D eigenvalue weighted by atomic mass is 16.5. The molecule has 94 valence electrons. The second-order valence-electron chi connectivity index (χ2n) is 4.42. The molecule has 0 N–H and O–H groups in total. The zero-order valence-electron chi connectivity index (χ0n) is 10.9. The molecule has 0 radical (unpaired) electrons. The van der Waals surface area contributed by atoms with Gasteiger partial charge in [-0.05, 0) is 24.5 Å². The largest absolute Gasteiger partial charge is 0.430 e. The van der Waals surface area contributed by atoms with Gasteiger partial charge in [0.15, 0.2) is 0 Å². The van der Waals surface area contributed by atoms with Gasteiger partial charge >= 0.3 is 5.97 Å². The van der Waals surface area contributed by atoms with Crippen LogP contribution in [0, 0.1) is 6.92 Å². The Kier molecular flexibility index (Phi) is 3.98. The maximum atomic E-state index is 11.5. The van der Waals surface area contributed by atoms with Crippen LogP contribution < -0.4 is 0 Å². The predicted octanol–water partition coefficient (Wildman–Crippen LogP) is 4.01. The molecule has 1 aromatic rings. The summed E-state index contributed by atoms with van der Waals surface area (Å²) in [5, 5.41) is 0. The number of rotatable bonds is 3. The minimum atomic E-state index is -0.161. The first-order valence-electron chi connectivity index (χ1n) is 6.38. The fraction of sp³-hybridized carbons (Fsp3) is 0.312. The van der Waals surface area contributed by atoms with Gasteiger partial charge in [-0.25, -0.2) is 0 Å². The monoisotopic (exact) mass is 242 g/mol. The molecule has 1 aliphatic rings. The van der Waals surface area contributed by atoms with Crippen molar-refractivity contribution in [3.8, 4) is 0 Å². The van der Waals surface area contributed by atoms with Gasteiger partial charge in [-0.3, -0.25) is 4.79 Å². The molecule has 18 heavy (non-hydrogen) atoms. The van der Waals surface area contributed by atoms with E-state index in [1.165, 1.54) is 5.56 Å². The van der Waals surface area contributed by atoms with Gasteiger partial charge in [0.05, 0.1) is 0 Å². The third-order valence-electron chi connectivity index (χ3n) is 3.08. The normalized spacial score (nSPS) is 14.8. The van der Waals surface area contributed by atoms with Crippen molar-refractivity contribution in [3.05, 3.63) is 53.3 Å². The summed E-state index contributed by atoms with van der Waals surface area (Å²) in [5.74, 6) is 0.644. The molecule has 0 amide bonds. The van der Waals surface area contributed by atoms with Crippen LogP contribution >= 0.6 is 0 Å². The van der Waals surface area contributed by atoms with Gasteiger partial charge in [0.25, 0.3) is 0 Å². The van der Waals surface area contributed by atoms with Crippen LogP contribution in [0.25, 0.3) is 5.57 Å². The lowest BCUT2D eigenvalue weighted by Crippen LogP contribution is -2.06. The lowest BCUT2D eigenvalue weighted by Gasteiger charge is -2.17. The standard InChI is InChI=1S/C16H18O2/c1-3-16(17)18-15-11-7-6-10-14(15)13-9-5-4-8-12(13)2/h4-6,8-10H,3,7,11H2,1-2H3. The number of benzene rings is 1. The highest BCUT2D eigenvalue weighted by Gasteiger charge is 2.15. The number of hydrogen-bond donors (Lipinski definition) is 0. The Labute approximate surface area is 108 Å². The molecule has 1 aromatic carbocycles. The Bertz CT molecular complexity index is 510. The topological polar surface area (TPSA) is 26.3 Å². The second-order valence-corrected chi connectivity index (χ2v) is 4.42. The Morgan fingerprint density at radius 1 is 1.33 bits per heavy atom. The molecule has 2 rings (SSSR count). The van der Waals surface area contributed by atoms with Crippen LogP contribution in [0.1, 0.15) is 37.3 Å². The lowest BCUT2D eigenvalue weighted by molar-refractivity contribution is -0.139. The van der Waals surface area contributed by atoms with Crippen LogP contribution in [-0.2, 0) is 9.53 Å². The summed E-state index contributed by atoms with van der Waals surface area (Å²) < 4.78 is 5.45. The zero-order chi connectivity index (χ0) is 13.0. The van der Waals surface area contributed by atoms with E-state index >= 15 is 0 Å². The predicted molar refractivity (Wildman–Crippen MR) is 72.9 cm³/mol. The van der Waals surface area contributed by atoms with Crippen LogP contribution in [0.3, 0.4) is 0 Å². The number of hydrogen-bond acceptors (Lipinski definition) is 2. The van der Waals surface area contributed by atoms with Gasteiger partial charge in [0.2, 0.25) is 0 Å². The van der Waals surface area contributed by atoms with Gasteiger partial charge in [0.1, 0.15) is 5.76 Å². The van der Waals surface area contributed by atoms with Crippen molar-refractivity contribution in [3.63, 3.8) is 0 Å². The fourth-order valence-electron chi connectivity index (χ4n) is 2.07. The van der Waals surface area contributed by atoms with Gasteiger partial charge in [-0.2, -0.15) is 0 Å². The molecule has 0 aromatic heterocycles. The number of ether oxygens (including phenoxy) is 1. The average Bonchev–Trinajstić information content (AvgIpc) is 2.40. The molecule has 2 heteroatoms. The number of allylic oxidation sites excluding steroid dienone is 4. The quantitative estimate of drug-likeness (QED) is 0.748.